The summed E-state index contributed by atoms with van der Waals surface area (Å²) < 4.78 is 11.6. The van der Waals surface area contributed by atoms with E-state index in [-0.39, 0.29) is 42.3 Å². The zero-order valence-electron chi connectivity index (χ0n) is 16.8. The SMILES string of the molecule is CC1CN(CCNC(=O)C(C(C)C)N2CC(C)OC(C)C2)CC(C)O1. The van der Waals surface area contributed by atoms with E-state index in [0.29, 0.717) is 6.54 Å². The Morgan fingerprint density at radius 2 is 1.44 bits per heavy atom. The van der Waals surface area contributed by atoms with Gasteiger partial charge in [0.15, 0.2) is 0 Å². The molecule has 1 amide bonds. The van der Waals surface area contributed by atoms with E-state index in [1.54, 1.807) is 0 Å². The summed E-state index contributed by atoms with van der Waals surface area (Å²) in [5.41, 5.74) is 0. The maximum Gasteiger partial charge on any atom is 0.237 e. The molecule has 2 aliphatic rings. The summed E-state index contributed by atoms with van der Waals surface area (Å²) in [5, 5.41) is 3.16. The molecule has 2 heterocycles. The van der Waals surface area contributed by atoms with Crippen LogP contribution >= 0.6 is 0 Å². The zero-order chi connectivity index (χ0) is 18.6. The van der Waals surface area contributed by atoms with E-state index >= 15 is 0 Å². The molecule has 5 atom stereocenters. The van der Waals surface area contributed by atoms with Crippen molar-refractivity contribution < 1.29 is 14.3 Å². The van der Waals surface area contributed by atoms with E-state index in [1.807, 2.05) is 0 Å². The Bertz CT molecular complexity index is 412. The van der Waals surface area contributed by atoms with E-state index in [1.165, 1.54) is 0 Å². The number of hydrogen-bond donors (Lipinski definition) is 1. The highest BCUT2D eigenvalue weighted by Crippen LogP contribution is 2.18. The second-order valence-corrected chi connectivity index (χ2v) is 8.21. The number of amides is 1. The summed E-state index contributed by atoms with van der Waals surface area (Å²) in [4.78, 5) is 17.5. The van der Waals surface area contributed by atoms with Gasteiger partial charge in [-0.15, -0.1) is 0 Å². The van der Waals surface area contributed by atoms with Gasteiger partial charge in [0.05, 0.1) is 30.5 Å². The highest BCUT2D eigenvalue weighted by molar-refractivity contribution is 5.82. The molecule has 0 aromatic heterocycles. The van der Waals surface area contributed by atoms with Gasteiger partial charge in [0, 0.05) is 39.3 Å². The summed E-state index contributed by atoms with van der Waals surface area (Å²) in [5.74, 6) is 0.423. The molecule has 0 spiro atoms. The predicted molar refractivity (Wildman–Crippen MR) is 99.7 cm³/mol. The third-order valence-corrected chi connectivity index (χ3v) is 4.96. The predicted octanol–water partition coefficient (Wildman–Crippen LogP) is 1.35. The lowest BCUT2D eigenvalue weighted by Crippen LogP contribution is -2.57. The molecule has 25 heavy (non-hydrogen) atoms. The minimum Gasteiger partial charge on any atom is -0.373 e. The number of rotatable bonds is 6. The Labute approximate surface area is 153 Å². The van der Waals surface area contributed by atoms with Crippen molar-refractivity contribution in [1.29, 1.82) is 0 Å². The van der Waals surface area contributed by atoms with Gasteiger partial charge in [-0.3, -0.25) is 14.6 Å². The molecule has 146 valence electrons. The van der Waals surface area contributed by atoms with E-state index in [2.05, 4.69) is 56.7 Å². The summed E-state index contributed by atoms with van der Waals surface area (Å²) in [6.45, 7) is 17.7. The maximum atomic E-state index is 12.8. The third kappa shape index (κ3) is 6.20. The van der Waals surface area contributed by atoms with Crippen molar-refractivity contribution in [3.05, 3.63) is 0 Å². The number of nitrogens with zero attached hydrogens (tertiary/aromatic N) is 2. The molecule has 0 saturated carbocycles. The van der Waals surface area contributed by atoms with Gasteiger partial charge >= 0.3 is 0 Å². The molecule has 2 rings (SSSR count). The van der Waals surface area contributed by atoms with Crippen LogP contribution in [0.15, 0.2) is 0 Å². The molecule has 0 radical (unpaired) electrons. The lowest BCUT2D eigenvalue weighted by atomic mass is 9.99. The first-order valence-corrected chi connectivity index (χ1v) is 9.81. The fourth-order valence-corrected chi connectivity index (χ4v) is 4.24. The van der Waals surface area contributed by atoms with Crippen molar-refractivity contribution >= 4 is 5.91 Å². The first-order chi connectivity index (χ1) is 11.8. The molecule has 2 fully saturated rings. The number of nitrogens with one attached hydrogen (secondary N) is 1. The van der Waals surface area contributed by atoms with Crippen LogP contribution in [-0.2, 0) is 14.3 Å². The van der Waals surface area contributed by atoms with Gasteiger partial charge in [-0.2, -0.15) is 0 Å². The number of hydrogen-bond acceptors (Lipinski definition) is 5. The van der Waals surface area contributed by atoms with Gasteiger partial charge in [-0.25, -0.2) is 0 Å². The lowest BCUT2D eigenvalue weighted by molar-refractivity contribution is -0.135. The largest absolute Gasteiger partial charge is 0.373 e. The van der Waals surface area contributed by atoms with Crippen LogP contribution in [0.4, 0.5) is 0 Å². The van der Waals surface area contributed by atoms with Gasteiger partial charge in [0.25, 0.3) is 0 Å². The molecule has 2 saturated heterocycles. The third-order valence-electron chi connectivity index (χ3n) is 4.96. The van der Waals surface area contributed by atoms with E-state index in [9.17, 15) is 4.79 Å². The van der Waals surface area contributed by atoms with Crippen molar-refractivity contribution in [1.82, 2.24) is 15.1 Å². The lowest BCUT2D eigenvalue weighted by Gasteiger charge is -2.41. The monoisotopic (exact) mass is 355 g/mol. The summed E-state index contributed by atoms with van der Waals surface area (Å²) in [6.07, 6.45) is 0.877. The van der Waals surface area contributed by atoms with Crippen LogP contribution in [0.1, 0.15) is 41.5 Å². The van der Waals surface area contributed by atoms with Crippen LogP contribution in [0.5, 0.6) is 0 Å². The molecule has 1 N–H and O–H groups in total. The van der Waals surface area contributed by atoms with Gasteiger partial charge in [-0.1, -0.05) is 13.8 Å². The van der Waals surface area contributed by atoms with Crippen molar-refractivity contribution in [3.8, 4) is 0 Å². The maximum absolute atomic E-state index is 12.8. The Morgan fingerprint density at radius 1 is 0.960 bits per heavy atom. The molecule has 0 aromatic rings. The Morgan fingerprint density at radius 3 is 1.92 bits per heavy atom. The Balaban J connectivity index is 1.84. The molecular weight excluding hydrogens is 318 g/mol. The summed E-state index contributed by atoms with van der Waals surface area (Å²) >= 11 is 0. The Hall–Kier alpha value is -0.690. The van der Waals surface area contributed by atoms with Crippen LogP contribution in [0.2, 0.25) is 0 Å². The molecule has 6 nitrogen and oxygen atoms in total. The van der Waals surface area contributed by atoms with E-state index in [0.717, 1.165) is 32.7 Å². The molecule has 6 heteroatoms. The van der Waals surface area contributed by atoms with E-state index in [4.69, 9.17) is 9.47 Å². The topological polar surface area (TPSA) is 54.0 Å². The number of ether oxygens (including phenoxy) is 2. The molecule has 2 aliphatic heterocycles. The second-order valence-electron chi connectivity index (χ2n) is 8.21. The normalized spacial score (nSPS) is 33.4. The fourth-order valence-electron chi connectivity index (χ4n) is 4.24. The highest BCUT2D eigenvalue weighted by atomic mass is 16.5. The smallest absolute Gasteiger partial charge is 0.237 e. The van der Waals surface area contributed by atoms with Crippen molar-refractivity contribution in [2.75, 3.05) is 39.3 Å². The first-order valence-electron chi connectivity index (χ1n) is 9.81. The molecule has 0 bridgehead atoms. The standard InChI is InChI=1S/C19H37N3O3/c1-13(2)18(22-11-16(5)25-17(6)12-22)19(23)20-7-8-21-9-14(3)24-15(4)10-21/h13-18H,7-12H2,1-6H3,(H,20,23). The fraction of sp³-hybridized carbons (Fsp3) is 0.947. The van der Waals surface area contributed by atoms with Crippen molar-refractivity contribution in [2.24, 2.45) is 5.92 Å². The molecular formula is C19H37N3O3. The zero-order valence-corrected chi connectivity index (χ0v) is 16.8. The van der Waals surface area contributed by atoms with Crippen molar-refractivity contribution in [3.63, 3.8) is 0 Å². The highest BCUT2D eigenvalue weighted by Gasteiger charge is 2.34. The van der Waals surface area contributed by atoms with Gasteiger partial charge in [0.1, 0.15) is 0 Å². The summed E-state index contributed by atoms with van der Waals surface area (Å²) in [6, 6.07) is -0.0867. The average Bonchev–Trinajstić information content (AvgIpc) is 2.44. The first kappa shape index (κ1) is 20.6. The van der Waals surface area contributed by atoms with Crippen LogP contribution in [0, 0.1) is 5.92 Å². The average molecular weight is 356 g/mol. The van der Waals surface area contributed by atoms with Gasteiger partial charge in [-0.05, 0) is 33.6 Å². The second kappa shape index (κ2) is 9.31. The Kier molecular flexibility index (Phi) is 7.68. The number of carbonyl (C=O) groups excluding carboxylic acids is 1. The minimum atomic E-state index is -0.0867. The quantitative estimate of drug-likeness (QED) is 0.779. The number of carbonyl (C=O) groups is 1. The van der Waals surface area contributed by atoms with Crippen LogP contribution < -0.4 is 5.32 Å². The summed E-state index contributed by atoms with van der Waals surface area (Å²) in [7, 11) is 0. The van der Waals surface area contributed by atoms with Crippen LogP contribution in [0.3, 0.4) is 0 Å². The van der Waals surface area contributed by atoms with Crippen LogP contribution in [0.25, 0.3) is 0 Å². The minimum absolute atomic E-state index is 0.0867. The van der Waals surface area contributed by atoms with Gasteiger partial charge < -0.3 is 14.8 Å². The van der Waals surface area contributed by atoms with Crippen molar-refractivity contribution in [2.45, 2.75) is 72.0 Å². The molecule has 0 aromatic carbocycles. The van der Waals surface area contributed by atoms with Gasteiger partial charge in [0.2, 0.25) is 5.91 Å². The van der Waals surface area contributed by atoms with Crippen LogP contribution in [-0.4, -0.2) is 85.4 Å². The molecule has 5 unspecified atom stereocenters. The number of morpholine rings is 2. The molecule has 0 aliphatic carbocycles. The van der Waals surface area contributed by atoms with E-state index < -0.39 is 0 Å².